The summed E-state index contributed by atoms with van der Waals surface area (Å²) in [5, 5.41) is 7.96. The van der Waals surface area contributed by atoms with E-state index >= 15 is 0 Å². The number of morpholine rings is 1. The van der Waals surface area contributed by atoms with E-state index in [0.717, 1.165) is 43.6 Å². The number of fused-ring (bicyclic) bond motifs is 1. The average molecular weight is 485 g/mol. The molecule has 0 radical (unpaired) electrons. The highest BCUT2D eigenvalue weighted by Crippen LogP contribution is 2.32. The molecule has 1 aliphatic heterocycles. The Labute approximate surface area is 209 Å². The lowest BCUT2D eigenvalue weighted by atomic mass is 10.1. The molecule has 0 atom stereocenters. The Kier molecular flexibility index (Phi) is 7.20. The number of hydrogen-bond donors (Lipinski definition) is 3. The molecule has 9 nitrogen and oxygen atoms in total. The van der Waals surface area contributed by atoms with Crippen molar-refractivity contribution in [2.24, 2.45) is 0 Å². The topological polar surface area (TPSA) is 115 Å². The number of nitrogens with zero attached hydrogens (tertiary/aromatic N) is 3. The molecule has 0 unspecified atom stereocenters. The maximum Gasteiger partial charge on any atom is 0.251 e. The Morgan fingerprint density at radius 3 is 2.72 bits per heavy atom. The van der Waals surface area contributed by atoms with Crippen LogP contribution >= 0.6 is 0 Å². The molecule has 1 amide bonds. The molecular formula is C27H28N6O3. The summed E-state index contributed by atoms with van der Waals surface area (Å²) in [6.07, 6.45) is 1.62. The van der Waals surface area contributed by atoms with E-state index in [1.165, 1.54) is 0 Å². The predicted octanol–water partition coefficient (Wildman–Crippen LogP) is 3.81. The number of ether oxygens (including phenoxy) is 2. The average Bonchev–Trinajstić information content (AvgIpc) is 2.91. The number of hydrogen-bond acceptors (Lipinski definition) is 8. The van der Waals surface area contributed by atoms with Gasteiger partial charge in [-0.15, -0.1) is 0 Å². The van der Waals surface area contributed by atoms with Crippen molar-refractivity contribution in [3.8, 4) is 11.6 Å². The second-order valence-corrected chi connectivity index (χ2v) is 8.43. The van der Waals surface area contributed by atoms with Gasteiger partial charge in [-0.1, -0.05) is 30.3 Å². The van der Waals surface area contributed by atoms with Crippen LogP contribution in [0, 0.1) is 0 Å². The molecule has 5 rings (SSSR count). The Balaban J connectivity index is 1.23. The number of nitrogen functional groups attached to an aromatic ring is 1. The third-order valence-electron chi connectivity index (χ3n) is 5.96. The number of amides is 1. The van der Waals surface area contributed by atoms with Crippen LogP contribution in [0.2, 0.25) is 0 Å². The van der Waals surface area contributed by atoms with Gasteiger partial charge in [0.25, 0.3) is 5.91 Å². The lowest BCUT2D eigenvalue weighted by molar-refractivity contribution is 0.0383. The van der Waals surface area contributed by atoms with Gasteiger partial charge in [-0.3, -0.25) is 9.69 Å². The molecule has 184 valence electrons. The molecule has 9 heteroatoms. The monoisotopic (exact) mass is 484 g/mol. The number of carbonyl (C=O) groups is 1. The van der Waals surface area contributed by atoms with Gasteiger partial charge >= 0.3 is 0 Å². The number of nitrogens with one attached hydrogen (secondary N) is 2. The van der Waals surface area contributed by atoms with Crippen LogP contribution in [-0.2, 0) is 4.74 Å². The molecule has 0 spiro atoms. The summed E-state index contributed by atoms with van der Waals surface area (Å²) in [5.41, 5.74) is 8.04. The van der Waals surface area contributed by atoms with Crippen LogP contribution in [0.3, 0.4) is 0 Å². The first kappa shape index (κ1) is 23.5. The minimum Gasteiger partial charge on any atom is -0.438 e. The fourth-order valence-electron chi connectivity index (χ4n) is 4.08. The van der Waals surface area contributed by atoms with Crippen molar-refractivity contribution in [3.63, 3.8) is 0 Å². The van der Waals surface area contributed by atoms with Gasteiger partial charge < -0.3 is 25.8 Å². The molecule has 0 aliphatic carbocycles. The number of anilines is 3. The van der Waals surface area contributed by atoms with Crippen LogP contribution in [0.25, 0.3) is 10.8 Å². The third kappa shape index (κ3) is 5.70. The molecule has 0 saturated carbocycles. The molecule has 36 heavy (non-hydrogen) atoms. The van der Waals surface area contributed by atoms with Gasteiger partial charge in [0.1, 0.15) is 5.75 Å². The Morgan fingerprint density at radius 1 is 1.03 bits per heavy atom. The maximum absolute atomic E-state index is 12.6. The molecule has 1 aliphatic rings. The SMILES string of the molecule is Nc1ccc(Oc2ccnc(Nc3cccc(C(=O)NCCN4CCOCC4)c3)n2)c2ccccc12. The maximum atomic E-state index is 12.6. The highest BCUT2D eigenvalue weighted by molar-refractivity contribution is 5.97. The molecule has 1 aromatic heterocycles. The first-order valence-electron chi connectivity index (χ1n) is 11.9. The zero-order chi connectivity index (χ0) is 24.7. The Hall–Kier alpha value is -4.21. The summed E-state index contributed by atoms with van der Waals surface area (Å²) < 4.78 is 11.4. The standard InChI is InChI=1S/C27H28N6O3/c28-23-8-9-24(22-7-2-1-6-21(22)23)36-25-10-11-30-27(32-25)31-20-5-3-4-19(18-20)26(34)29-12-13-33-14-16-35-17-15-33/h1-11,18H,12-17,28H2,(H,29,34)(H,30,31,32). The second-order valence-electron chi connectivity index (χ2n) is 8.43. The first-order valence-corrected chi connectivity index (χ1v) is 11.9. The van der Waals surface area contributed by atoms with Crippen LogP contribution in [0.15, 0.2) is 72.9 Å². The van der Waals surface area contributed by atoms with Crippen molar-refractivity contribution in [1.82, 2.24) is 20.2 Å². The molecule has 4 N–H and O–H groups in total. The first-order chi connectivity index (χ1) is 17.7. The van der Waals surface area contributed by atoms with Gasteiger partial charge in [-0.2, -0.15) is 4.98 Å². The largest absolute Gasteiger partial charge is 0.438 e. The number of benzene rings is 3. The number of rotatable bonds is 8. The summed E-state index contributed by atoms with van der Waals surface area (Å²) >= 11 is 0. The van der Waals surface area contributed by atoms with E-state index in [1.54, 1.807) is 24.4 Å². The van der Waals surface area contributed by atoms with Crippen LogP contribution in [0.5, 0.6) is 11.6 Å². The van der Waals surface area contributed by atoms with Gasteiger partial charge in [0.15, 0.2) is 0 Å². The van der Waals surface area contributed by atoms with Gasteiger partial charge in [0.2, 0.25) is 11.8 Å². The highest BCUT2D eigenvalue weighted by Gasteiger charge is 2.12. The van der Waals surface area contributed by atoms with E-state index in [2.05, 4.69) is 25.5 Å². The summed E-state index contributed by atoms with van der Waals surface area (Å²) in [7, 11) is 0. The van der Waals surface area contributed by atoms with Crippen LogP contribution < -0.4 is 21.1 Å². The molecule has 1 fully saturated rings. The molecule has 1 saturated heterocycles. The second kappa shape index (κ2) is 11.0. The van der Waals surface area contributed by atoms with Gasteiger partial charge in [-0.05, 0) is 30.3 Å². The fourth-order valence-corrected chi connectivity index (χ4v) is 4.08. The van der Waals surface area contributed by atoms with E-state index in [0.29, 0.717) is 41.1 Å². The van der Waals surface area contributed by atoms with E-state index in [-0.39, 0.29) is 5.91 Å². The van der Waals surface area contributed by atoms with Crippen LogP contribution in [-0.4, -0.2) is 60.2 Å². The molecule has 4 aromatic rings. The van der Waals surface area contributed by atoms with E-state index in [1.807, 2.05) is 48.5 Å². The predicted molar refractivity (Wildman–Crippen MR) is 140 cm³/mol. The minimum atomic E-state index is -0.125. The van der Waals surface area contributed by atoms with E-state index in [4.69, 9.17) is 15.2 Å². The summed E-state index contributed by atoms with van der Waals surface area (Å²) in [5.74, 6) is 1.27. The number of nitrogens with two attached hydrogens (primary N) is 1. The number of aromatic nitrogens is 2. The summed E-state index contributed by atoms with van der Waals surface area (Å²) in [6.45, 7) is 4.66. The Bertz CT molecular complexity index is 1360. The third-order valence-corrected chi connectivity index (χ3v) is 5.96. The minimum absolute atomic E-state index is 0.125. The molecule has 0 bridgehead atoms. The molecular weight excluding hydrogens is 456 g/mol. The highest BCUT2D eigenvalue weighted by atomic mass is 16.5. The molecule has 2 heterocycles. The van der Waals surface area contributed by atoms with E-state index < -0.39 is 0 Å². The number of carbonyl (C=O) groups excluding carboxylic acids is 1. The quantitative estimate of drug-likeness (QED) is 0.324. The zero-order valence-electron chi connectivity index (χ0n) is 19.8. The lowest BCUT2D eigenvalue weighted by Gasteiger charge is -2.26. The van der Waals surface area contributed by atoms with Crippen molar-refractivity contribution in [2.45, 2.75) is 0 Å². The Morgan fingerprint density at radius 2 is 1.86 bits per heavy atom. The lowest BCUT2D eigenvalue weighted by Crippen LogP contribution is -2.41. The van der Waals surface area contributed by atoms with Crippen LogP contribution in [0.1, 0.15) is 10.4 Å². The van der Waals surface area contributed by atoms with Crippen molar-refractivity contribution < 1.29 is 14.3 Å². The fraction of sp³-hybridized carbons (Fsp3) is 0.222. The van der Waals surface area contributed by atoms with Crippen LogP contribution in [0.4, 0.5) is 17.3 Å². The van der Waals surface area contributed by atoms with E-state index in [9.17, 15) is 4.79 Å². The summed E-state index contributed by atoms with van der Waals surface area (Å²) in [4.78, 5) is 23.7. The van der Waals surface area contributed by atoms with Gasteiger partial charge in [0.05, 0.1) is 13.2 Å². The zero-order valence-corrected chi connectivity index (χ0v) is 19.8. The summed E-state index contributed by atoms with van der Waals surface area (Å²) in [6, 6.07) is 20.3. The van der Waals surface area contributed by atoms with Crippen molar-refractivity contribution in [3.05, 3.63) is 78.5 Å². The van der Waals surface area contributed by atoms with Crippen molar-refractivity contribution in [2.75, 3.05) is 50.4 Å². The van der Waals surface area contributed by atoms with Crippen molar-refractivity contribution >= 4 is 34.0 Å². The van der Waals surface area contributed by atoms with Gasteiger partial charge in [0, 0.05) is 66.2 Å². The van der Waals surface area contributed by atoms with Crippen molar-refractivity contribution in [1.29, 1.82) is 0 Å². The van der Waals surface area contributed by atoms with Gasteiger partial charge in [-0.25, -0.2) is 4.98 Å². The smallest absolute Gasteiger partial charge is 0.251 e. The molecule has 3 aromatic carbocycles. The normalized spacial score (nSPS) is 13.9.